The second-order valence-electron chi connectivity index (χ2n) is 5.65. The molecule has 2 unspecified atom stereocenters. The number of aromatic nitrogens is 2. The standard InChI is InChI=1S/C15H23N3O/c1-16-13-8-4-5-9-14(13)19-15-11-6-2-3-7-12(11)17-10-18-15/h10,13-14,16H,2-9H2,1H3. The third-order valence-corrected chi connectivity index (χ3v) is 4.42. The zero-order valence-corrected chi connectivity index (χ0v) is 11.7. The maximum Gasteiger partial charge on any atom is 0.220 e. The quantitative estimate of drug-likeness (QED) is 0.906. The number of likely N-dealkylation sites (N-methyl/N-ethyl adjacent to an activating group) is 1. The summed E-state index contributed by atoms with van der Waals surface area (Å²) < 4.78 is 6.24. The highest BCUT2D eigenvalue weighted by atomic mass is 16.5. The molecule has 1 aromatic rings. The van der Waals surface area contributed by atoms with Gasteiger partial charge in [0.15, 0.2) is 0 Å². The first-order valence-corrected chi connectivity index (χ1v) is 7.55. The molecule has 19 heavy (non-hydrogen) atoms. The predicted molar refractivity (Wildman–Crippen MR) is 74.4 cm³/mol. The fraction of sp³-hybridized carbons (Fsp3) is 0.733. The van der Waals surface area contributed by atoms with Gasteiger partial charge >= 0.3 is 0 Å². The molecule has 2 atom stereocenters. The van der Waals surface area contributed by atoms with Gasteiger partial charge in [0, 0.05) is 11.6 Å². The van der Waals surface area contributed by atoms with Crippen LogP contribution in [0, 0.1) is 0 Å². The highest BCUT2D eigenvalue weighted by molar-refractivity contribution is 5.31. The summed E-state index contributed by atoms with van der Waals surface area (Å²) in [7, 11) is 2.03. The average molecular weight is 261 g/mol. The summed E-state index contributed by atoms with van der Waals surface area (Å²) in [5.74, 6) is 0.844. The van der Waals surface area contributed by atoms with Crippen molar-refractivity contribution in [3.63, 3.8) is 0 Å². The number of hydrogen-bond acceptors (Lipinski definition) is 4. The Kier molecular flexibility index (Phi) is 3.97. The molecule has 1 heterocycles. The molecule has 0 saturated heterocycles. The van der Waals surface area contributed by atoms with Gasteiger partial charge in [0.05, 0.1) is 5.69 Å². The van der Waals surface area contributed by atoms with E-state index in [0.29, 0.717) is 6.04 Å². The third-order valence-electron chi connectivity index (χ3n) is 4.42. The number of rotatable bonds is 3. The van der Waals surface area contributed by atoms with E-state index >= 15 is 0 Å². The lowest BCUT2D eigenvalue weighted by Gasteiger charge is -2.32. The van der Waals surface area contributed by atoms with Gasteiger partial charge in [-0.1, -0.05) is 6.42 Å². The Bertz CT molecular complexity index is 435. The Morgan fingerprint density at radius 3 is 2.84 bits per heavy atom. The first-order chi connectivity index (χ1) is 9.38. The SMILES string of the molecule is CNC1CCCCC1Oc1ncnc2c1CCCC2. The highest BCUT2D eigenvalue weighted by Crippen LogP contribution is 2.29. The van der Waals surface area contributed by atoms with Crippen molar-refractivity contribution in [1.29, 1.82) is 0 Å². The minimum absolute atomic E-state index is 0.264. The van der Waals surface area contributed by atoms with Crippen LogP contribution in [0.1, 0.15) is 49.8 Å². The highest BCUT2D eigenvalue weighted by Gasteiger charge is 2.27. The Labute approximate surface area is 115 Å². The Hall–Kier alpha value is -1.16. The van der Waals surface area contributed by atoms with Crippen LogP contribution in [-0.2, 0) is 12.8 Å². The lowest BCUT2D eigenvalue weighted by molar-refractivity contribution is 0.111. The minimum Gasteiger partial charge on any atom is -0.472 e. The lowest BCUT2D eigenvalue weighted by atomic mass is 9.92. The average Bonchev–Trinajstić information content (AvgIpc) is 2.48. The molecule has 1 saturated carbocycles. The zero-order valence-electron chi connectivity index (χ0n) is 11.7. The molecule has 0 amide bonds. The fourth-order valence-corrected chi connectivity index (χ4v) is 3.30. The molecule has 0 radical (unpaired) electrons. The summed E-state index contributed by atoms with van der Waals surface area (Å²) in [5, 5.41) is 3.39. The van der Waals surface area contributed by atoms with Crippen LogP contribution >= 0.6 is 0 Å². The van der Waals surface area contributed by atoms with Gasteiger partial charge in [-0.05, 0) is 52.0 Å². The van der Waals surface area contributed by atoms with Crippen LogP contribution in [0.25, 0.3) is 0 Å². The van der Waals surface area contributed by atoms with Crippen LogP contribution in [0.5, 0.6) is 5.88 Å². The van der Waals surface area contributed by atoms with Gasteiger partial charge in [0.25, 0.3) is 0 Å². The number of hydrogen-bond donors (Lipinski definition) is 1. The monoisotopic (exact) mass is 261 g/mol. The zero-order chi connectivity index (χ0) is 13.1. The van der Waals surface area contributed by atoms with Gasteiger partial charge in [-0.3, -0.25) is 0 Å². The second-order valence-corrected chi connectivity index (χ2v) is 5.65. The smallest absolute Gasteiger partial charge is 0.220 e. The molecule has 0 aromatic carbocycles. The number of fused-ring (bicyclic) bond motifs is 1. The maximum atomic E-state index is 6.24. The van der Waals surface area contributed by atoms with Crippen molar-refractivity contribution in [2.45, 2.75) is 63.5 Å². The topological polar surface area (TPSA) is 47.0 Å². The first kappa shape index (κ1) is 12.9. The van der Waals surface area contributed by atoms with Crippen molar-refractivity contribution < 1.29 is 4.74 Å². The predicted octanol–water partition coefficient (Wildman–Crippen LogP) is 2.26. The molecule has 0 aliphatic heterocycles. The molecule has 104 valence electrons. The maximum absolute atomic E-state index is 6.24. The van der Waals surface area contributed by atoms with E-state index in [1.54, 1.807) is 6.33 Å². The van der Waals surface area contributed by atoms with Gasteiger partial charge in [-0.15, -0.1) is 0 Å². The van der Waals surface area contributed by atoms with E-state index in [1.807, 2.05) is 7.05 Å². The van der Waals surface area contributed by atoms with E-state index in [9.17, 15) is 0 Å². The van der Waals surface area contributed by atoms with Gasteiger partial charge < -0.3 is 10.1 Å². The van der Waals surface area contributed by atoms with Crippen LogP contribution in [0.15, 0.2) is 6.33 Å². The second kappa shape index (κ2) is 5.87. The number of nitrogens with one attached hydrogen (secondary N) is 1. The molecule has 2 aliphatic carbocycles. The summed E-state index contributed by atoms with van der Waals surface area (Å²) in [6.07, 6.45) is 11.4. The summed E-state index contributed by atoms with van der Waals surface area (Å²) >= 11 is 0. The summed E-state index contributed by atoms with van der Waals surface area (Å²) in [5.41, 5.74) is 2.46. The Morgan fingerprint density at radius 2 is 1.95 bits per heavy atom. The van der Waals surface area contributed by atoms with Crippen LogP contribution in [0.2, 0.25) is 0 Å². The first-order valence-electron chi connectivity index (χ1n) is 7.55. The van der Waals surface area contributed by atoms with Crippen molar-refractivity contribution in [1.82, 2.24) is 15.3 Å². The van der Waals surface area contributed by atoms with E-state index < -0.39 is 0 Å². The van der Waals surface area contributed by atoms with Crippen molar-refractivity contribution >= 4 is 0 Å². The molecule has 0 bridgehead atoms. The molecular weight excluding hydrogens is 238 g/mol. The van der Waals surface area contributed by atoms with Crippen LogP contribution < -0.4 is 10.1 Å². The summed E-state index contributed by atoms with van der Waals surface area (Å²) in [6, 6.07) is 0.461. The normalized spacial score (nSPS) is 26.8. The molecule has 4 heteroatoms. The molecule has 1 N–H and O–H groups in total. The minimum atomic E-state index is 0.264. The van der Waals surface area contributed by atoms with E-state index in [2.05, 4.69) is 15.3 Å². The Morgan fingerprint density at radius 1 is 1.11 bits per heavy atom. The Balaban J connectivity index is 1.78. The van der Waals surface area contributed by atoms with Crippen molar-refractivity contribution in [3.05, 3.63) is 17.6 Å². The summed E-state index contributed by atoms with van der Waals surface area (Å²) in [4.78, 5) is 8.80. The number of nitrogens with zero attached hydrogens (tertiary/aromatic N) is 2. The summed E-state index contributed by atoms with van der Waals surface area (Å²) in [6.45, 7) is 0. The van der Waals surface area contributed by atoms with Gasteiger partial charge in [0.2, 0.25) is 5.88 Å². The lowest BCUT2D eigenvalue weighted by Crippen LogP contribution is -2.43. The molecule has 3 rings (SSSR count). The van der Waals surface area contributed by atoms with Gasteiger partial charge in [-0.2, -0.15) is 0 Å². The van der Waals surface area contributed by atoms with E-state index in [4.69, 9.17) is 4.74 Å². The van der Waals surface area contributed by atoms with E-state index in [0.717, 1.165) is 25.1 Å². The van der Waals surface area contributed by atoms with Crippen LogP contribution in [0.4, 0.5) is 0 Å². The molecule has 0 spiro atoms. The van der Waals surface area contributed by atoms with E-state index in [1.165, 1.54) is 43.4 Å². The fourth-order valence-electron chi connectivity index (χ4n) is 3.30. The van der Waals surface area contributed by atoms with Crippen LogP contribution in [-0.4, -0.2) is 29.2 Å². The third kappa shape index (κ3) is 2.73. The molecule has 1 aromatic heterocycles. The van der Waals surface area contributed by atoms with Crippen LogP contribution in [0.3, 0.4) is 0 Å². The van der Waals surface area contributed by atoms with Gasteiger partial charge in [-0.25, -0.2) is 9.97 Å². The van der Waals surface area contributed by atoms with Crippen molar-refractivity contribution in [2.75, 3.05) is 7.05 Å². The van der Waals surface area contributed by atoms with Crippen molar-refractivity contribution in [3.8, 4) is 5.88 Å². The molecule has 1 fully saturated rings. The molecule has 2 aliphatic rings. The van der Waals surface area contributed by atoms with Crippen molar-refractivity contribution in [2.24, 2.45) is 0 Å². The largest absolute Gasteiger partial charge is 0.472 e. The molecular formula is C15H23N3O. The number of ether oxygens (including phenoxy) is 1. The number of aryl methyl sites for hydroxylation is 1. The molecule has 4 nitrogen and oxygen atoms in total. The van der Waals surface area contributed by atoms with E-state index in [-0.39, 0.29) is 6.10 Å². The van der Waals surface area contributed by atoms with Gasteiger partial charge in [0.1, 0.15) is 12.4 Å².